The lowest BCUT2D eigenvalue weighted by atomic mass is 10.2. The van der Waals surface area contributed by atoms with Crippen molar-refractivity contribution in [2.24, 2.45) is 0 Å². The quantitative estimate of drug-likeness (QED) is 0.123. The van der Waals surface area contributed by atoms with Crippen molar-refractivity contribution in [3.05, 3.63) is 12.2 Å². The molecule has 12 nitrogen and oxygen atoms in total. The first-order valence-corrected chi connectivity index (χ1v) is 13.6. The van der Waals surface area contributed by atoms with Gasteiger partial charge in [-0.2, -0.15) is 0 Å². The fourth-order valence-electron chi connectivity index (χ4n) is 1.96. The van der Waals surface area contributed by atoms with Crippen molar-refractivity contribution in [1.29, 1.82) is 0 Å². The second-order valence-corrected chi connectivity index (χ2v) is 13.1. The lowest BCUT2D eigenvalue weighted by molar-refractivity contribution is 0.315. The average Bonchev–Trinajstić information content (AvgIpc) is 2.31. The Morgan fingerprint density at radius 1 is 0.680 bits per heavy atom. The van der Waals surface area contributed by atoms with E-state index in [-0.39, 0.29) is 19.3 Å². The van der Waals surface area contributed by atoms with Crippen molar-refractivity contribution < 1.29 is 57.4 Å². The summed E-state index contributed by atoms with van der Waals surface area (Å²) in [4.78, 5) is 69.7. The van der Waals surface area contributed by atoms with Crippen LogP contribution in [0.1, 0.15) is 25.7 Å². The van der Waals surface area contributed by atoms with Gasteiger partial charge in [0.15, 0.2) is 4.90 Å². The van der Waals surface area contributed by atoms with E-state index in [2.05, 4.69) is 0 Å². The monoisotopic (exact) mass is 446 g/mol. The normalized spacial score (nSPS) is 15.0. The third-order valence-electron chi connectivity index (χ3n) is 3.22. The summed E-state index contributed by atoms with van der Waals surface area (Å²) < 4.78 is 44.9. The fraction of sp³-hybridized carbons (Fsp3) is 0.778. The number of hydrogen-bond donors (Lipinski definition) is 8. The standard InChI is InChI=1S/C9H22O12P4/c10-22(11,12)7-3-1-5-9(24(16,17)18,25(19,20)21)6-2-4-8-23(13,14)15/h1,5H,2-4,6-8H2,(H2,10,11,12)(H2,13,14,15)(H2,16,17,18)(H2,19,20,21)/b5-1+. The van der Waals surface area contributed by atoms with Crippen molar-refractivity contribution in [1.82, 2.24) is 0 Å². The molecule has 0 saturated carbocycles. The highest BCUT2D eigenvalue weighted by atomic mass is 31.2. The third-order valence-corrected chi connectivity index (χ3v) is 9.29. The number of hydrogen-bond acceptors (Lipinski definition) is 4. The topological polar surface area (TPSA) is 230 Å². The summed E-state index contributed by atoms with van der Waals surface area (Å²) in [5, 5.41) is 0. The minimum atomic E-state index is -5.43. The summed E-state index contributed by atoms with van der Waals surface area (Å²) in [5.74, 6) is 0. The van der Waals surface area contributed by atoms with Crippen molar-refractivity contribution in [3.8, 4) is 0 Å². The zero-order valence-corrected chi connectivity index (χ0v) is 16.5. The van der Waals surface area contributed by atoms with E-state index in [0.29, 0.717) is 6.08 Å². The first kappa shape index (κ1) is 25.3. The molecule has 0 heterocycles. The van der Waals surface area contributed by atoms with E-state index in [9.17, 15) is 37.8 Å². The van der Waals surface area contributed by atoms with Crippen LogP contribution < -0.4 is 0 Å². The van der Waals surface area contributed by atoms with E-state index in [1.54, 1.807) is 0 Å². The van der Waals surface area contributed by atoms with Gasteiger partial charge in [0, 0.05) is 6.16 Å². The van der Waals surface area contributed by atoms with Gasteiger partial charge in [-0.3, -0.25) is 18.3 Å². The maximum Gasteiger partial charge on any atom is 0.347 e. The molecule has 0 aromatic rings. The highest BCUT2D eigenvalue weighted by Gasteiger charge is 2.57. The Morgan fingerprint density at radius 3 is 1.48 bits per heavy atom. The Kier molecular flexibility index (Phi) is 9.14. The molecule has 0 unspecified atom stereocenters. The Morgan fingerprint density at radius 2 is 1.12 bits per heavy atom. The van der Waals surface area contributed by atoms with Crippen LogP contribution in [0.4, 0.5) is 0 Å². The van der Waals surface area contributed by atoms with E-state index < -0.39 is 54.0 Å². The molecule has 0 bridgehead atoms. The molecule has 0 spiro atoms. The van der Waals surface area contributed by atoms with Crippen LogP contribution in [-0.2, 0) is 18.3 Å². The van der Waals surface area contributed by atoms with E-state index in [1.165, 1.54) is 0 Å². The molecule has 8 N–H and O–H groups in total. The highest BCUT2D eigenvalue weighted by Crippen LogP contribution is 2.71. The van der Waals surface area contributed by atoms with Crippen molar-refractivity contribution in [2.45, 2.75) is 30.6 Å². The lowest BCUT2D eigenvalue weighted by Gasteiger charge is -2.32. The Hall–Kier alpha value is 0.340. The first-order valence-electron chi connectivity index (χ1n) is 6.79. The summed E-state index contributed by atoms with van der Waals surface area (Å²) >= 11 is 0. The molecule has 0 fully saturated rings. The maximum atomic E-state index is 11.7. The molecule has 0 saturated heterocycles. The molecule has 0 radical (unpaired) electrons. The van der Waals surface area contributed by atoms with Gasteiger partial charge in [-0.15, -0.1) is 0 Å². The highest BCUT2D eigenvalue weighted by molar-refractivity contribution is 7.72. The molecule has 0 aliphatic heterocycles. The van der Waals surface area contributed by atoms with E-state index in [0.717, 1.165) is 6.08 Å². The number of allylic oxidation sites excluding steroid dienone is 2. The van der Waals surface area contributed by atoms with Gasteiger partial charge in [-0.05, 0) is 19.3 Å². The molecule has 150 valence electrons. The summed E-state index contributed by atoms with van der Waals surface area (Å²) in [6.45, 7) is 0. The Bertz CT molecular complexity index is 625. The SMILES string of the molecule is O=P(O)(O)CC/C=C/C(CCCCP(=O)(O)O)(P(=O)(O)O)P(=O)(O)O. The Labute approximate surface area is 143 Å². The van der Waals surface area contributed by atoms with Gasteiger partial charge in [0.1, 0.15) is 0 Å². The van der Waals surface area contributed by atoms with Crippen molar-refractivity contribution >= 4 is 30.4 Å². The van der Waals surface area contributed by atoms with Crippen molar-refractivity contribution in [2.75, 3.05) is 12.3 Å². The molecule has 0 amide bonds. The predicted octanol–water partition coefficient (Wildman–Crippen LogP) is 0.510. The van der Waals surface area contributed by atoms with E-state index in [1.807, 2.05) is 0 Å². The number of rotatable bonds is 11. The minimum Gasteiger partial charge on any atom is -0.324 e. The van der Waals surface area contributed by atoms with Crippen LogP contribution in [0.25, 0.3) is 0 Å². The Balaban J connectivity index is 5.45. The first-order chi connectivity index (χ1) is 10.9. The third kappa shape index (κ3) is 9.20. The van der Waals surface area contributed by atoms with E-state index >= 15 is 0 Å². The van der Waals surface area contributed by atoms with Gasteiger partial charge in [0.2, 0.25) is 0 Å². The summed E-state index contributed by atoms with van der Waals surface area (Å²) in [7, 11) is -19.6. The maximum absolute atomic E-state index is 11.7. The second kappa shape index (κ2) is 9.02. The van der Waals surface area contributed by atoms with Gasteiger partial charge >= 0.3 is 30.4 Å². The molecule has 0 aliphatic rings. The molecular formula is C9H22O12P4. The van der Waals surface area contributed by atoms with Crippen LogP contribution in [0.15, 0.2) is 12.2 Å². The molecule has 0 aromatic heterocycles. The summed E-state index contributed by atoms with van der Waals surface area (Å²) in [6, 6.07) is 0. The van der Waals surface area contributed by atoms with Crippen LogP contribution >= 0.6 is 30.4 Å². The van der Waals surface area contributed by atoms with Gasteiger partial charge in [0.25, 0.3) is 0 Å². The van der Waals surface area contributed by atoms with Crippen LogP contribution in [0.2, 0.25) is 0 Å². The summed E-state index contributed by atoms with van der Waals surface area (Å²) in [5.41, 5.74) is 0. The zero-order chi connectivity index (χ0) is 20.2. The van der Waals surface area contributed by atoms with E-state index in [4.69, 9.17) is 19.6 Å². The molecule has 25 heavy (non-hydrogen) atoms. The molecule has 0 aromatic carbocycles. The van der Waals surface area contributed by atoms with Gasteiger partial charge < -0.3 is 39.1 Å². The minimum absolute atomic E-state index is 0.234. The molecular weight excluding hydrogens is 424 g/mol. The lowest BCUT2D eigenvalue weighted by Crippen LogP contribution is -2.27. The smallest absolute Gasteiger partial charge is 0.324 e. The fourth-order valence-corrected chi connectivity index (χ4v) is 5.93. The molecule has 0 aliphatic carbocycles. The molecule has 0 atom stereocenters. The van der Waals surface area contributed by atoms with Gasteiger partial charge in [-0.1, -0.05) is 18.6 Å². The van der Waals surface area contributed by atoms with Crippen LogP contribution in [0.5, 0.6) is 0 Å². The second-order valence-electron chi connectivity index (χ2n) is 5.39. The number of unbranched alkanes of at least 4 members (excludes halogenated alkanes) is 1. The zero-order valence-electron chi connectivity index (χ0n) is 12.9. The van der Waals surface area contributed by atoms with Crippen LogP contribution in [-0.4, -0.2) is 56.4 Å². The van der Waals surface area contributed by atoms with Gasteiger partial charge in [-0.25, -0.2) is 0 Å². The van der Waals surface area contributed by atoms with Crippen LogP contribution in [0, 0.1) is 0 Å². The average molecular weight is 446 g/mol. The largest absolute Gasteiger partial charge is 0.347 e. The molecule has 0 rings (SSSR count). The molecule has 16 heteroatoms. The summed E-state index contributed by atoms with van der Waals surface area (Å²) in [6.07, 6.45) is -1.58. The van der Waals surface area contributed by atoms with Crippen LogP contribution in [0.3, 0.4) is 0 Å². The predicted molar refractivity (Wildman–Crippen MR) is 88.2 cm³/mol. The van der Waals surface area contributed by atoms with Crippen molar-refractivity contribution in [3.63, 3.8) is 0 Å². The van der Waals surface area contributed by atoms with Gasteiger partial charge in [0.05, 0.1) is 6.16 Å².